The van der Waals surface area contributed by atoms with Crippen LogP contribution in [0.15, 0.2) is 0 Å². The molecule has 0 radical (unpaired) electrons. The zero-order valence-electron chi connectivity index (χ0n) is 10.5. The van der Waals surface area contributed by atoms with Crippen molar-refractivity contribution in [3.05, 3.63) is 0 Å². The second kappa shape index (κ2) is 13.8. The molecule has 0 fully saturated rings. The number of thiocarbonyl (C=S) groups is 1. The Morgan fingerprint density at radius 1 is 0.882 bits per heavy atom. The average Bonchev–Trinajstić information content (AvgIpc) is 2.30. The summed E-state index contributed by atoms with van der Waals surface area (Å²) in [6.07, 6.45) is 1.61. The van der Waals surface area contributed by atoms with Crippen LogP contribution in [-0.2, 0) is 18.9 Å². The highest BCUT2D eigenvalue weighted by atomic mass is 32.1. The topological polar surface area (TPSA) is 62.9 Å². The summed E-state index contributed by atoms with van der Waals surface area (Å²) in [7, 11) is 1.65. The van der Waals surface area contributed by atoms with Crippen LogP contribution in [0.1, 0.15) is 12.8 Å². The molecule has 0 rings (SSSR count). The van der Waals surface area contributed by atoms with E-state index >= 15 is 0 Å². The third kappa shape index (κ3) is 15.7. The Hall–Kier alpha value is -0.270. The molecular formula is C11H23NO4S. The van der Waals surface area contributed by atoms with Crippen molar-refractivity contribution in [1.29, 1.82) is 0 Å². The molecule has 0 aromatic carbocycles. The molecule has 0 bridgehead atoms. The van der Waals surface area contributed by atoms with Gasteiger partial charge in [-0.05, 0) is 12.8 Å². The van der Waals surface area contributed by atoms with E-state index in [0.29, 0.717) is 51.2 Å². The molecule has 0 amide bonds. The van der Waals surface area contributed by atoms with Crippen molar-refractivity contribution in [3.63, 3.8) is 0 Å². The van der Waals surface area contributed by atoms with Crippen LogP contribution in [0, 0.1) is 0 Å². The molecule has 102 valence electrons. The summed E-state index contributed by atoms with van der Waals surface area (Å²) in [6.45, 7) is 4.24. The molecule has 0 heterocycles. The summed E-state index contributed by atoms with van der Waals surface area (Å²) in [4.78, 5) is 0.540. The number of ether oxygens (including phenoxy) is 4. The average molecular weight is 265 g/mol. The van der Waals surface area contributed by atoms with Crippen molar-refractivity contribution in [3.8, 4) is 0 Å². The first-order valence-electron chi connectivity index (χ1n) is 5.78. The number of hydrogen-bond donors (Lipinski definition) is 1. The van der Waals surface area contributed by atoms with Crippen molar-refractivity contribution >= 4 is 17.2 Å². The van der Waals surface area contributed by atoms with Gasteiger partial charge in [-0.15, -0.1) is 0 Å². The van der Waals surface area contributed by atoms with E-state index in [1.807, 2.05) is 0 Å². The molecule has 0 saturated carbocycles. The lowest BCUT2D eigenvalue weighted by atomic mass is 10.3. The van der Waals surface area contributed by atoms with Crippen LogP contribution in [-0.4, -0.2) is 58.3 Å². The molecule has 2 N–H and O–H groups in total. The molecule has 0 aromatic rings. The fourth-order valence-corrected chi connectivity index (χ4v) is 1.18. The van der Waals surface area contributed by atoms with Gasteiger partial charge in [0.2, 0.25) is 0 Å². The largest absolute Gasteiger partial charge is 0.393 e. The van der Waals surface area contributed by atoms with Crippen LogP contribution in [0.4, 0.5) is 0 Å². The Labute approximate surface area is 109 Å². The molecule has 0 aliphatic rings. The normalized spacial score (nSPS) is 10.6. The monoisotopic (exact) mass is 265 g/mol. The minimum Gasteiger partial charge on any atom is -0.393 e. The second-order valence-corrected chi connectivity index (χ2v) is 3.92. The second-order valence-electron chi connectivity index (χ2n) is 3.40. The lowest BCUT2D eigenvalue weighted by Crippen LogP contribution is -2.12. The fourth-order valence-electron chi connectivity index (χ4n) is 1.03. The van der Waals surface area contributed by atoms with Gasteiger partial charge in [-0.1, -0.05) is 12.2 Å². The summed E-state index contributed by atoms with van der Waals surface area (Å²) in [6, 6.07) is 0. The third-order valence-corrected chi connectivity index (χ3v) is 2.09. The standard InChI is InChI=1S/C11H23NO4S/c1-13-5-6-15-9-10-16-8-7-14-4-2-3-11(12)17/h2-10H2,1H3,(H2,12,17). The van der Waals surface area contributed by atoms with Gasteiger partial charge in [0.1, 0.15) is 0 Å². The fraction of sp³-hybridized carbons (Fsp3) is 0.909. The van der Waals surface area contributed by atoms with E-state index in [-0.39, 0.29) is 0 Å². The SMILES string of the molecule is COCCOCCOCCOCCCC(N)=S. The van der Waals surface area contributed by atoms with Gasteiger partial charge in [0.05, 0.1) is 44.6 Å². The van der Waals surface area contributed by atoms with Crippen molar-refractivity contribution in [2.45, 2.75) is 12.8 Å². The van der Waals surface area contributed by atoms with E-state index in [4.69, 9.17) is 36.9 Å². The van der Waals surface area contributed by atoms with Crippen LogP contribution >= 0.6 is 12.2 Å². The molecular weight excluding hydrogens is 242 g/mol. The first-order chi connectivity index (χ1) is 8.27. The Kier molecular flexibility index (Phi) is 13.6. The quantitative estimate of drug-likeness (QED) is 0.392. The van der Waals surface area contributed by atoms with E-state index in [9.17, 15) is 0 Å². The lowest BCUT2D eigenvalue weighted by molar-refractivity contribution is 0.00357. The molecule has 0 aliphatic carbocycles. The summed E-state index contributed by atoms with van der Waals surface area (Å²) >= 11 is 4.75. The maximum Gasteiger partial charge on any atom is 0.0728 e. The van der Waals surface area contributed by atoms with Gasteiger partial charge >= 0.3 is 0 Å². The van der Waals surface area contributed by atoms with Crippen LogP contribution in [0.2, 0.25) is 0 Å². The van der Waals surface area contributed by atoms with E-state index < -0.39 is 0 Å². The molecule has 0 aliphatic heterocycles. The predicted octanol–water partition coefficient (Wildman–Crippen LogP) is 0.749. The zero-order chi connectivity index (χ0) is 12.8. The van der Waals surface area contributed by atoms with E-state index in [2.05, 4.69) is 0 Å². The lowest BCUT2D eigenvalue weighted by Gasteiger charge is -2.06. The van der Waals surface area contributed by atoms with Crippen molar-refractivity contribution in [1.82, 2.24) is 0 Å². The third-order valence-electron chi connectivity index (χ3n) is 1.89. The maximum atomic E-state index is 5.35. The van der Waals surface area contributed by atoms with Gasteiger partial charge in [0.15, 0.2) is 0 Å². The van der Waals surface area contributed by atoms with E-state index in [1.54, 1.807) is 7.11 Å². The first-order valence-corrected chi connectivity index (χ1v) is 6.18. The molecule has 0 saturated heterocycles. The van der Waals surface area contributed by atoms with Crippen molar-refractivity contribution in [2.24, 2.45) is 5.73 Å². The van der Waals surface area contributed by atoms with Crippen molar-refractivity contribution in [2.75, 3.05) is 53.4 Å². The van der Waals surface area contributed by atoms with Crippen LogP contribution < -0.4 is 5.73 Å². The summed E-state index contributed by atoms with van der Waals surface area (Å²) in [5.41, 5.74) is 5.35. The number of hydrogen-bond acceptors (Lipinski definition) is 5. The van der Waals surface area contributed by atoms with Crippen molar-refractivity contribution < 1.29 is 18.9 Å². The van der Waals surface area contributed by atoms with Crippen LogP contribution in [0.25, 0.3) is 0 Å². The van der Waals surface area contributed by atoms with E-state index in [1.165, 1.54) is 0 Å². The first kappa shape index (κ1) is 16.7. The highest BCUT2D eigenvalue weighted by molar-refractivity contribution is 7.80. The summed E-state index contributed by atoms with van der Waals surface area (Å²) in [5, 5.41) is 0. The molecule has 5 nitrogen and oxygen atoms in total. The predicted molar refractivity (Wildman–Crippen MR) is 70.4 cm³/mol. The molecule has 0 aromatic heterocycles. The molecule has 0 atom stereocenters. The molecule has 17 heavy (non-hydrogen) atoms. The highest BCUT2D eigenvalue weighted by Crippen LogP contribution is 1.90. The van der Waals surface area contributed by atoms with Gasteiger partial charge in [0.25, 0.3) is 0 Å². The van der Waals surface area contributed by atoms with Gasteiger partial charge in [-0.3, -0.25) is 0 Å². The molecule has 0 unspecified atom stereocenters. The highest BCUT2D eigenvalue weighted by Gasteiger charge is 1.93. The van der Waals surface area contributed by atoms with Gasteiger partial charge in [-0.25, -0.2) is 0 Å². The Morgan fingerprint density at radius 2 is 1.35 bits per heavy atom. The molecule has 0 spiro atoms. The van der Waals surface area contributed by atoms with Gasteiger partial charge in [0, 0.05) is 13.7 Å². The number of rotatable bonds is 13. The van der Waals surface area contributed by atoms with Gasteiger partial charge in [-0.2, -0.15) is 0 Å². The minimum absolute atomic E-state index is 0.540. The maximum absolute atomic E-state index is 5.35. The van der Waals surface area contributed by atoms with Crippen LogP contribution in [0.5, 0.6) is 0 Å². The van der Waals surface area contributed by atoms with Gasteiger partial charge < -0.3 is 24.7 Å². The van der Waals surface area contributed by atoms with E-state index in [0.717, 1.165) is 12.8 Å². The molecule has 6 heteroatoms. The van der Waals surface area contributed by atoms with Crippen LogP contribution in [0.3, 0.4) is 0 Å². The Balaban J connectivity index is 2.91. The summed E-state index contributed by atoms with van der Waals surface area (Å²) in [5.74, 6) is 0. The Morgan fingerprint density at radius 3 is 1.82 bits per heavy atom. The Bertz CT molecular complexity index is 181. The number of nitrogens with two attached hydrogens (primary N) is 1. The smallest absolute Gasteiger partial charge is 0.0728 e. The number of methoxy groups -OCH3 is 1. The minimum atomic E-state index is 0.540. The zero-order valence-corrected chi connectivity index (χ0v) is 11.3. The summed E-state index contributed by atoms with van der Waals surface area (Å²) < 4.78 is 20.7.